The fourth-order valence-electron chi connectivity index (χ4n) is 0.357. The average Bonchev–Trinajstić information content (AvgIpc) is 1.94. The Balaban J connectivity index is 0.000000291. The van der Waals surface area contributed by atoms with E-state index in [1.807, 2.05) is 26.8 Å². The first-order valence-corrected chi connectivity index (χ1v) is 3.12. The van der Waals surface area contributed by atoms with Crippen LogP contribution in [0.2, 0.25) is 0 Å². The third kappa shape index (κ3) is 3.64. The standard InChI is InChI=1S/C5H6N2.C2H6/c1-5-2-3-6-4-7-5;1-2/h2-4H,1H3;1-2H3. The number of aromatic nitrogens is 2. The molecular weight excluding hydrogens is 112 g/mol. The Morgan fingerprint density at radius 2 is 2.00 bits per heavy atom. The van der Waals surface area contributed by atoms with E-state index in [1.165, 1.54) is 6.33 Å². The molecule has 0 unspecified atom stereocenters. The predicted octanol–water partition coefficient (Wildman–Crippen LogP) is 1.81. The molecule has 0 saturated heterocycles. The Morgan fingerprint density at radius 1 is 1.33 bits per heavy atom. The average molecular weight is 124 g/mol. The Bertz CT molecular complexity index is 137. The van der Waals surface area contributed by atoms with Crippen LogP contribution in [0, 0.1) is 6.92 Å². The molecule has 0 amide bonds. The van der Waals surface area contributed by atoms with Crippen molar-refractivity contribution in [3.8, 4) is 0 Å². The molecule has 2 nitrogen and oxygen atoms in total. The highest BCUT2D eigenvalue weighted by Gasteiger charge is 1.74. The molecule has 0 aliphatic rings. The summed E-state index contributed by atoms with van der Waals surface area (Å²) in [6.07, 6.45) is 3.26. The van der Waals surface area contributed by atoms with Crippen LogP contribution in [0.5, 0.6) is 0 Å². The van der Waals surface area contributed by atoms with Crippen molar-refractivity contribution < 1.29 is 0 Å². The first-order chi connectivity index (χ1) is 4.39. The second kappa shape index (κ2) is 5.22. The van der Waals surface area contributed by atoms with Gasteiger partial charge >= 0.3 is 0 Å². The first kappa shape index (κ1) is 8.08. The second-order valence-electron chi connectivity index (χ2n) is 1.35. The quantitative estimate of drug-likeness (QED) is 0.527. The maximum absolute atomic E-state index is 3.87. The fourth-order valence-corrected chi connectivity index (χ4v) is 0.357. The predicted molar refractivity (Wildman–Crippen MR) is 38.1 cm³/mol. The number of hydrogen-bond acceptors (Lipinski definition) is 2. The molecule has 2 heteroatoms. The van der Waals surface area contributed by atoms with Gasteiger partial charge in [0.05, 0.1) is 0 Å². The van der Waals surface area contributed by atoms with E-state index in [1.54, 1.807) is 6.20 Å². The number of hydrogen-bond donors (Lipinski definition) is 0. The maximum atomic E-state index is 3.87. The second-order valence-corrected chi connectivity index (χ2v) is 1.35. The summed E-state index contributed by atoms with van der Waals surface area (Å²) in [5.41, 5.74) is 1.01. The van der Waals surface area contributed by atoms with E-state index in [2.05, 4.69) is 9.97 Å². The summed E-state index contributed by atoms with van der Waals surface area (Å²) in [7, 11) is 0. The Kier molecular flexibility index (Phi) is 4.69. The van der Waals surface area contributed by atoms with Crippen molar-refractivity contribution in [2.75, 3.05) is 0 Å². The molecule has 0 radical (unpaired) electrons. The Hall–Kier alpha value is -0.920. The van der Waals surface area contributed by atoms with Crippen LogP contribution in [0.15, 0.2) is 18.6 Å². The van der Waals surface area contributed by atoms with Crippen LogP contribution in [0.3, 0.4) is 0 Å². The molecule has 1 rings (SSSR count). The van der Waals surface area contributed by atoms with Gasteiger partial charge in [-0.15, -0.1) is 0 Å². The highest BCUT2D eigenvalue weighted by Crippen LogP contribution is 1.82. The van der Waals surface area contributed by atoms with Gasteiger partial charge in [-0.1, -0.05) is 13.8 Å². The monoisotopic (exact) mass is 124 g/mol. The lowest BCUT2D eigenvalue weighted by molar-refractivity contribution is 1.10. The van der Waals surface area contributed by atoms with Crippen LogP contribution in [0.1, 0.15) is 19.5 Å². The van der Waals surface area contributed by atoms with Crippen molar-refractivity contribution in [3.05, 3.63) is 24.3 Å². The highest BCUT2D eigenvalue weighted by atomic mass is 14.8. The van der Waals surface area contributed by atoms with E-state index in [4.69, 9.17) is 0 Å². The van der Waals surface area contributed by atoms with Crippen molar-refractivity contribution in [1.29, 1.82) is 0 Å². The first-order valence-electron chi connectivity index (χ1n) is 3.12. The summed E-state index contributed by atoms with van der Waals surface area (Å²) < 4.78 is 0. The molecule has 0 aliphatic carbocycles. The molecule has 0 fully saturated rings. The number of nitrogens with zero attached hydrogens (tertiary/aromatic N) is 2. The molecule has 0 atom stereocenters. The van der Waals surface area contributed by atoms with Crippen LogP contribution >= 0.6 is 0 Å². The fraction of sp³-hybridized carbons (Fsp3) is 0.429. The van der Waals surface area contributed by atoms with Crippen molar-refractivity contribution in [2.24, 2.45) is 0 Å². The van der Waals surface area contributed by atoms with Gasteiger partial charge in [0, 0.05) is 11.9 Å². The van der Waals surface area contributed by atoms with Gasteiger partial charge in [0.15, 0.2) is 0 Å². The normalized spacial score (nSPS) is 7.44. The smallest absolute Gasteiger partial charge is 0.115 e. The van der Waals surface area contributed by atoms with E-state index < -0.39 is 0 Å². The van der Waals surface area contributed by atoms with E-state index in [-0.39, 0.29) is 0 Å². The molecule has 0 spiro atoms. The SMILES string of the molecule is CC.Cc1ccncn1. The maximum Gasteiger partial charge on any atom is 0.115 e. The lowest BCUT2D eigenvalue weighted by atomic mass is 10.5. The van der Waals surface area contributed by atoms with Crippen molar-refractivity contribution in [2.45, 2.75) is 20.8 Å². The highest BCUT2D eigenvalue weighted by molar-refractivity contribution is 4.92. The Morgan fingerprint density at radius 3 is 2.22 bits per heavy atom. The van der Waals surface area contributed by atoms with E-state index >= 15 is 0 Å². The molecule has 9 heavy (non-hydrogen) atoms. The van der Waals surface area contributed by atoms with Gasteiger partial charge in [-0.05, 0) is 13.0 Å². The van der Waals surface area contributed by atoms with Gasteiger partial charge in [0.2, 0.25) is 0 Å². The minimum Gasteiger partial charge on any atom is -0.245 e. The van der Waals surface area contributed by atoms with E-state index in [0.717, 1.165) is 5.69 Å². The van der Waals surface area contributed by atoms with Gasteiger partial charge in [-0.25, -0.2) is 9.97 Å². The topological polar surface area (TPSA) is 25.8 Å². The zero-order valence-electron chi connectivity index (χ0n) is 6.13. The van der Waals surface area contributed by atoms with Gasteiger partial charge in [-0.2, -0.15) is 0 Å². The molecule has 1 heterocycles. The lowest BCUT2D eigenvalue weighted by Crippen LogP contribution is -1.77. The number of aryl methyl sites for hydroxylation is 1. The third-order valence-corrected chi connectivity index (χ3v) is 0.730. The van der Waals surface area contributed by atoms with Crippen molar-refractivity contribution in [3.63, 3.8) is 0 Å². The van der Waals surface area contributed by atoms with Crippen LogP contribution in [-0.4, -0.2) is 9.97 Å². The summed E-state index contributed by atoms with van der Waals surface area (Å²) in [6.45, 7) is 5.93. The van der Waals surface area contributed by atoms with Crippen LogP contribution < -0.4 is 0 Å². The van der Waals surface area contributed by atoms with Crippen molar-refractivity contribution >= 4 is 0 Å². The molecular formula is C7H12N2. The molecule has 0 bridgehead atoms. The molecule has 0 aliphatic heterocycles. The lowest BCUT2D eigenvalue weighted by Gasteiger charge is -1.81. The summed E-state index contributed by atoms with van der Waals surface area (Å²) in [6, 6.07) is 1.86. The Labute approximate surface area is 56.0 Å². The van der Waals surface area contributed by atoms with Crippen LogP contribution in [0.4, 0.5) is 0 Å². The largest absolute Gasteiger partial charge is 0.245 e. The third-order valence-electron chi connectivity index (χ3n) is 0.730. The zero-order valence-corrected chi connectivity index (χ0v) is 6.13. The molecule has 0 aromatic carbocycles. The van der Waals surface area contributed by atoms with Gasteiger partial charge < -0.3 is 0 Å². The van der Waals surface area contributed by atoms with Crippen LogP contribution in [0.25, 0.3) is 0 Å². The molecule has 50 valence electrons. The summed E-state index contributed by atoms with van der Waals surface area (Å²) in [5, 5.41) is 0. The van der Waals surface area contributed by atoms with Crippen molar-refractivity contribution in [1.82, 2.24) is 9.97 Å². The molecule has 1 aromatic heterocycles. The molecule has 0 saturated carbocycles. The van der Waals surface area contributed by atoms with Gasteiger partial charge in [0.1, 0.15) is 6.33 Å². The summed E-state index contributed by atoms with van der Waals surface area (Å²) in [5.74, 6) is 0. The van der Waals surface area contributed by atoms with Gasteiger partial charge in [-0.3, -0.25) is 0 Å². The molecule has 1 aromatic rings. The van der Waals surface area contributed by atoms with E-state index in [9.17, 15) is 0 Å². The van der Waals surface area contributed by atoms with Crippen LogP contribution in [-0.2, 0) is 0 Å². The summed E-state index contributed by atoms with van der Waals surface area (Å²) >= 11 is 0. The molecule has 0 N–H and O–H groups in total. The van der Waals surface area contributed by atoms with Gasteiger partial charge in [0.25, 0.3) is 0 Å². The summed E-state index contributed by atoms with van der Waals surface area (Å²) in [4.78, 5) is 7.60. The zero-order chi connectivity index (χ0) is 7.11. The van der Waals surface area contributed by atoms with E-state index in [0.29, 0.717) is 0 Å². The number of rotatable bonds is 0. The minimum atomic E-state index is 1.01. The minimum absolute atomic E-state index is 1.01.